The van der Waals surface area contributed by atoms with Gasteiger partial charge in [-0.1, -0.05) is 29.9 Å². The monoisotopic (exact) mass is 307 g/mol. The summed E-state index contributed by atoms with van der Waals surface area (Å²) in [6.07, 6.45) is 0. The van der Waals surface area contributed by atoms with Gasteiger partial charge < -0.3 is 15.2 Å². The summed E-state index contributed by atoms with van der Waals surface area (Å²) in [6.45, 7) is 2.52. The lowest BCUT2D eigenvalue weighted by Crippen LogP contribution is -2.10. The van der Waals surface area contributed by atoms with E-state index in [1.165, 1.54) is 0 Å². The van der Waals surface area contributed by atoms with Crippen LogP contribution in [0.5, 0.6) is 17.2 Å². The van der Waals surface area contributed by atoms with Crippen molar-refractivity contribution in [1.82, 2.24) is 0 Å². The first-order chi connectivity index (χ1) is 9.60. The molecule has 2 aromatic carbocycles. The van der Waals surface area contributed by atoms with E-state index >= 15 is 0 Å². The number of halogens is 1. The van der Waals surface area contributed by atoms with E-state index in [0.29, 0.717) is 28.7 Å². The lowest BCUT2D eigenvalue weighted by atomic mass is 10.2. The van der Waals surface area contributed by atoms with Gasteiger partial charge in [0.05, 0.1) is 12.2 Å². The van der Waals surface area contributed by atoms with Crippen LogP contribution in [-0.4, -0.2) is 11.6 Å². The van der Waals surface area contributed by atoms with E-state index in [0.717, 1.165) is 5.75 Å². The molecule has 0 atom stereocenters. The van der Waals surface area contributed by atoms with Gasteiger partial charge in [-0.3, -0.25) is 0 Å². The van der Waals surface area contributed by atoms with E-state index < -0.39 is 0 Å². The number of nitrogens with two attached hydrogens (primary N) is 1. The summed E-state index contributed by atoms with van der Waals surface area (Å²) >= 11 is 11.0. The smallest absolute Gasteiger partial charge is 0.139 e. The Labute approximate surface area is 128 Å². The van der Waals surface area contributed by atoms with Crippen LogP contribution in [0.3, 0.4) is 0 Å². The molecule has 0 amide bonds. The number of benzene rings is 2. The second kappa shape index (κ2) is 6.59. The van der Waals surface area contributed by atoms with Crippen molar-refractivity contribution in [2.45, 2.75) is 6.92 Å². The second-order valence-electron chi connectivity index (χ2n) is 4.01. The Kier molecular flexibility index (Phi) is 4.82. The van der Waals surface area contributed by atoms with Crippen LogP contribution < -0.4 is 15.2 Å². The minimum atomic E-state index is 0.262. The van der Waals surface area contributed by atoms with Crippen molar-refractivity contribution >= 4 is 28.8 Å². The molecular formula is C15H14ClNO2S. The first-order valence-electron chi connectivity index (χ1n) is 6.10. The van der Waals surface area contributed by atoms with E-state index in [1.54, 1.807) is 24.3 Å². The first-order valence-corrected chi connectivity index (χ1v) is 6.89. The van der Waals surface area contributed by atoms with Gasteiger partial charge in [0.2, 0.25) is 0 Å². The summed E-state index contributed by atoms with van der Waals surface area (Å²) in [5.41, 5.74) is 6.32. The third kappa shape index (κ3) is 3.62. The fourth-order valence-corrected chi connectivity index (χ4v) is 2.04. The molecule has 20 heavy (non-hydrogen) atoms. The zero-order chi connectivity index (χ0) is 14.5. The average molecular weight is 308 g/mol. The first kappa shape index (κ1) is 14.6. The van der Waals surface area contributed by atoms with E-state index in [1.807, 2.05) is 25.1 Å². The van der Waals surface area contributed by atoms with Crippen molar-refractivity contribution in [3.63, 3.8) is 0 Å². The average Bonchev–Trinajstić information content (AvgIpc) is 2.39. The Balaban J connectivity index is 2.31. The van der Waals surface area contributed by atoms with Gasteiger partial charge >= 0.3 is 0 Å². The zero-order valence-corrected chi connectivity index (χ0v) is 12.5. The van der Waals surface area contributed by atoms with Crippen LogP contribution in [0.4, 0.5) is 0 Å². The van der Waals surface area contributed by atoms with Crippen molar-refractivity contribution in [3.8, 4) is 17.2 Å². The Hall–Kier alpha value is -1.78. The molecule has 0 aromatic heterocycles. The predicted octanol–water partition coefficient (Wildman–Crippen LogP) is 4.17. The molecule has 0 saturated heterocycles. The molecule has 0 saturated carbocycles. The summed E-state index contributed by atoms with van der Waals surface area (Å²) in [4.78, 5) is 0.262. The fourth-order valence-electron chi connectivity index (χ4n) is 1.71. The molecule has 2 N–H and O–H groups in total. The number of ether oxygens (including phenoxy) is 2. The molecule has 0 fully saturated rings. The van der Waals surface area contributed by atoms with E-state index in [2.05, 4.69) is 0 Å². The van der Waals surface area contributed by atoms with Gasteiger partial charge in [0.25, 0.3) is 0 Å². The highest BCUT2D eigenvalue weighted by Crippen LogP contribution is 2.30. The van der Waals surface area contributed by atoms with Gasteiger partial charge in [-0.2, -0.15) is 0 Å². The van der Waals surface area contributed by atoms with Gasteiger partial charge in [0.15, 0.2) is 0 Å². The van der Waals surface area contributed by atoms with Gasteiger partial charge in [-0.05, 0) is 31.2 Å². The highest BCUT2D eigenvalue weighted by Gasteiger charge is 2.09. The predicted molar refractivity (Wildman–Crippen MR) is 85.0 cm³/mol. The van der Waals surface area contributed by atoms with Crippen molar-refractivity contribution in [1.29, 1.82) is 0 Å². The molecule has 0 bridgehead atoms. The van der Waals surface area contributed by atoms with E-state index in [4.69, 9.17) is 39.0 Å². The molecule has 2 rings (SSSR count). The molecule has 0 heterocycles. The summed E-state index contributed by atoms with van der Waals surface area (Å²) in [5, 5.41) is 0.556. The second-order valence-corrected chi connectivity index (χ2v) is 4.89. The van der Waals surface area contributed by atoms with E-state index in [-0.39, 0.29) is 4.99 Å². The third-order valence-corrected chi connectivity index (χ3v) is 3.01. The number of rotatable bonds is 5. The van der Waals surface area contributed by atoms with E-state index in [9.17, 15) is 0 Å². The molecule has 0 radical (unpaired) electrons. The highest BCUT2D eigenvalue weighted by atomic mass is 35.5. The summed E-state index contributed by atoms with van der Waals surface area (Å²) < 4.78 is 11.2. The zero-order valence-electron chi connectivity index (χ0n) is 10.9. The Morgan fingerprint density at radius 2 is 1.95 bits per heavy atom. The lowest BCUT2D eigenvalue weighted by Gasteiger charge is -2.12. The maximum absolute atomic E-state index is 5.98. The van der Waals surface area contributed by atoms with Crippen molar-refractivity contribution in [3.05, 3.63) is 53.1 Å². The molecule has 0 aliphatic rings. The lowest BCUT2D eigenvalue weighted by molar-refractivity contribution is 0.338. The SMILES string of the molecule is CCOc1cccc(Oc2cc(Cl)ccc2C(N)=S)c1. The fraction of sp³-hybridized carbons (Fsp3) is 0.133. The van der Waals surface area contributed by atoms with Crippen LogP contribution in [0, 0.1) is 0 Å². The Bertz CT molecular complexity index is 631. The van der Waals surface area contributed by atoms with Gasteiger partial charge in [-0.25, -0.2) is 0 Å². The summed E-state index contributed by atoms with van der Waals surface area (Å²) in [5.74, 6) is 1.90. The van der Waals surface area contributed by atoms with Gasteiger partial charge in [0, 0.05) is 17.2 Å². The molecule has 2 aromatic rings. The van der Waals surface area contributed by atoms with Crippen molar-refractivity contribution < 1.29 is 9.47 Å². The Morgan fingerprint density at radius 3 is 2.65 bits per heavy atom. The summed E-state index contributed by atoms with van der Waals surface area (Å²) in [6, 6.07) is 12.5. The van der Waals surface area contributed by atoms with Crippen molar-refractivity contribution in [2.75, 3.05) is 6.61 Å². The maximum atomic E-state index is 5.98. The Morgan fingerprint density at radius 1 is 1.20 bits per heavy atom. The highest BCUT2D eigenvalue weighted by molar-refractivity contribution is 7.80. The van der Waals surface area contributed by atoms with Crippen molar-refractivity contribution in [2.24, 2.45) is 5.73 Å². The topological polar surface area (TPSA) is 44.5 Å². The molecule has 0 aliphatic carbocycles. The third-order valence-electron chi connectivity index (χ3n) is 2.55. The molecule has 5 heteroatoms. The van der Waals surface area contributed by atoms with Crippen LogP contribution in [0.1, 0.15) is 12.5 Å². The molecule has 3 nitrogen and oxygen atoms in total. The minimum Gasteiger partial charge on any atom is -0.494 e. The molecule has 0 unspecified atom stereocenters. The van der Waals surface area contributed by atoms with Crippen LogP contribution in [0.15, 0.2) is 42.5 Å². The van der Waals surface area contributed by atoms with Gasteiger partial charge in [-0.15, -0.1) is 0 Å². The number of thiocarbonyl (C=S) groups is 1. The molecule has 0 aliphatic heterocycles. The van der Waals surface area contributed by atoms with Crippen LogP contribution >= 0.6 is 23.8 Å². The van der Waals surface area contributed by atoms with Crippen LogP contribution in [0.25, 0.3) is 0 Å². The van der Waals surface area contributed by atoms with Crippen LogP contribution in [0.2, 0.25) is 5.02 Å². The molecule has 104 valence electrons. The quantitative estimate of drug-likeness (QED) is 0.842. The number of hydrogen-bond acceptors (Lipinski definition) is 3. The minimum absolute atomic E-state index is 0.262. The summed E-state index contributed by atoms with van der Waals surface area (Å²) in [7, 11) is 0. The molecule has 0 spiro atoms. The largest absolute Gasteiger partial charge is 0.494 e. The van der Waals surface area contributed by atoms with Crippen LogP contribution in [-0.2, 0) is 0 Å². The normalized spacial score (nSPS) is 10.1. The molecular weight excluding hydrogens is 294 g/mol. The van der Waals surface area contributed by atoms with Gasteiger partial charge in [0.1, 0.15) is 22.2 Å². The number of hydrogen-bond donors (Lipinski definition) is 1. The maximum Gasteiger partial charge on any atom is 0.139 e. The standard InChI is InChI=1S/C15H14ClNO2S/c1-2-18-11-4-3-5-12(9-11)19-14-8-10(16)6-7-13(14)15(17)20/h3-9H,2H2,1H3,(H2,17,20).